The number of aryl methyl sites for hydroxylation is 2. The fraction of sp³-hybridized carbons (Fsp3) is 0.409. The highest BCUT2D eigenvalue weighted by Gasteiger charge is 2.23. The van der Waals surface area contributed by atoms with E-state index in [1.807, 2.05) is 0 Å². The lowest BCUT2D eigenvalue weighted by atomic mass is 10.1. The monoisotopic (exact) mass is 400 g/mol. The summed E-state index contributed by atoms with van der Waals surface area (Å²) in [6.45, 7) is 7.28. The van der Waals surface area contributed by atoms with Crippen molar-refractivity contribution in [2.75, 3.05) is 31.9 Å². The van der Waals surface area contributed by atoms with Crippen LogP contribution in [-0.4, -0.2) is 56.1 Å². The van der Waals surface area contributed by atoms with Crippen molar-refractivity contribution in [2.24, 2.45) is 0 Å². The third-order valence-electron chi connectivity index (χ3n) is 5.31. The molecule has 5 nitrogen and oxygen atoms in total. The molecule has 6 heteroatoms. The molecule has 3 rings (SSSR count). The molecule has 0 bridgehead atoms. The number of carbonyl (C=O) groups excluding carboxylic acids is 1. The summed E-state index contributed by atoms with van der Waals surface area (Å²) in [5.74, 6) is -0.00815. The van der Waals surface area contributed by atoms with Gasteiger partial charge in [-0.25, -0.2) is 8.42 Å². The Labute approximate surface area is 167 Å². The van der Waals surface area contributed by atoms with E-state index in [0.717, 1.165) is 13.1 Å². The van der Waals surface area contributed by atoms with Gasteiger partial charge in [-0.3, -0.25) is 9.69 Å². The maximum atomic E-state index is 12.5. The zero-order valence-corrected chi connectivity index (χ0v) is 17.4. The number of hydrogen-bond donors (Lipinski definition) is 0. The average Bonchev–Trinajstić information content (AvgIpc) is 2.85. The maximum Gasteiger partial charge on any atom is 0.223 e. The van der Waals surface area contributed by atoms with E-state index >= 15 is 0 Å². The van der Waals surface area contributed by atoms with Gasteiger partial charge in [0.25, 0.3) is 0 Å². The molecule has 1 heterocycles. The number of benzene rings is 2. The summed E-state index contributed by atoms with van der Waals surface area (Å²) < 4.78 is 25.0. The lowest BCUT2D eigenvalue weighted by Gasteiger charge is -2.22. The van der Waals surface area contributed by atoms with E-state index in [2.05, 4.69) is 36.9 Å². The van der Waals surface area contributed by atoms with Gasteiger partial charge in [-0.1, -0.05) is 42.0 Å². The van der Waals surface area contributed by atoms with Gasteiger partial charge in [0.15, 0.2) is 9.84 Å². The molecule has 0 aliphatic carbocycles. The van der Waals surface area contributed by atoms with Crippen LogP contribution in [0.5, 0.6) is 0 Å². The summed E-state index contributed by atoms with van der Waals surface area (Å²) in [6.07, 6.45) is 0.427. The van der Waals surface area contributed by atoms with Crippen LogP contribution in [0.1, 0.15) is 23.1 Å². The minimum absolute atomic E-state index is 0.0337. The molecule has 1 saturated heterocycles. The Morgan fingerprint density at radius 1 is 0.964 bits per heavy atom. The first kappa shape index (κ1) is 20.6. The van der Waals surface area contributed by atoms with Crippen molar-refractivity contribution in [2.45, 2.75) is 31.7 Å². The minimum Gasteiger partial charge on any atom is -0.340 e. The Bertz CT molecular complexity index is 926. The van der Waals surface area contributed by atoms with Gasteiger partial charge in [0, 0.05) is 39.1 Å². The first-order valence-electron chi connectivity index (χ1n) is 9.69. The van der Waals surface area contributed by atoms with Crippen LogP contribution in [0, 0.1) is 13.8 Å². The van der Waals surface area contributed by atoms with Crippen molar-refractivity contribution in [1.29, 1.82) is 0 Å². The van der Waals surface area contributed by atoms with Crippen LogP contribution in [0.15, 0.2) is 53.4 Å². The molecule has 150 valence electrons. The molecular weight excluding hydrogens is 372 g/mol. The second kappa shape index (κ2) is 8.88. The van der Waals surface area contributed by atoms with Crippen LogP contribution in [0.3, 0.4) is 0 Å². The summed E-state index contributed by atoms with van der Waals surface area (Å²) in [5, 5.41) is 0. The smallest absolute Gasteiger partial charge is 0.223 e. The fourth-order valence-electron chi connectivity index (χ4n) is 3.55. The molecule has 28 heavy (non-hydrogen) atoms. The number of rotatable bonds is 6. The summed E-state index contributed by atoms with van der Waals surface area (Å²) in [4.78, 5) is 16.8. The largest absolute Gasteiger partial charge is 0.340 e. The molecule has 0 unspecified atom stereocenters. The van der Waals surface area contributed by atoms with Crippen molar-refractivity contribution < 1.29 is 13.2 Å². The SMILES string of the molecule is Cc1ccc(CN2CCC(=O)N(CCS(=O)(=O)c3ccccc3)CC2)c(C)c1. The number of sulfone groups is 1. The van der Waals surface area contributed by atoms with Crippen LogP contribution in [0.4, 0.5) is 0 Å². The van der Waals surface area contributed by atoms with Crippen molar-refractivity contribution in [3.05, 3.63) is 65.2 Å². The van der Waals surface area contributed by atoms with Gasteiger partial charge in [0.05, 0.1) is 10.6 Å². The van der Waals surface area contributed by atoms with Crippen molar-refractivity contribution in [1.82, 2.24) is 9.80 Å². The van der Waals surface area contributed by atoms with Crippen LogP contribution in [-0.2, 0) is 21.2 Å². The summed E-state index contributed by atoms with van der Waals surface area (Å²) in [5.41, 5.74) is 3.79. The van der Waals surface area contributed by atoms with E-state index in [1.54, 1.807) is 35.2 Å². The maximum absolute atomic E-state index is 12.5. The number of amides is 1. The van der Waals surface area contributed by atoms with Crippen LogP contribution < -0.4 is 0 Å². The van der Waals surface area contributed by atoms with E-state index in [1.165, 1.54) is 16.7 Å². The predicted molar refractivity (Wildman–Crippen MR) is 111 cm³/mol. The predicted octanol–water partition coefficient (Wildman–Crippen LogP) is 2.81. The third kappa shape index (κ3) is 5.20. The van der Waals surface area contributed by atoms with Crippen molar-refractivity contribution in [3.63, 3.8) is 0 Å². The molecule has 0 radical (unpaired) electrons. The second-order valence-corrected chi connectivity index (χ2v) is 9.58. The van der Waals surface area contributed by atoms with Gasteiger partial charge in [0.1, 0.15) is 0 Å². The Morgan fingerprint density at radius 2 is 1.71 bits per heavy atom. The van der Waals surface area contributed by atoms with Gasteiger partial charge < -0.3 is 4.90 Å². The lowest BCUT2D eigenvalue weighted by molar-refractivity contribution is -0.130. The Balaban J connectivity index is 1.59. The van der Waals surface area contributed by atoms with Gasteiger partial charge in [-0.2, -0.15) is 0 Å². The quantitative estimate of drug-likeness (QED) is 0.748. The highest BCUT2D eigenvalue weighted by atomic mass is 32.2. The third-order valence-corrected chi connectivity index (χ3v) is 7.02. The van der Waals surface area contributed by atoms with E-state index in [0.29, 0.717) is 24.4 Å². The molecule has 0 aromatic heterocycles. The van der Waals surface area contributed by atoms with Crippen molar-refractivity contribution >= 4 is 15.7 Å². The average molecular weight is 401 g/mol. The number of nitrogens with zero attached hydrogens (tertiary/aromatic N) is 2. The summed E-state index contributed by atoms with van der Waals surface area (Å²) in [6, 6.07) is 14.9. The Morgan fingerprint density at radius 3 is 2.43 bits per heavy atom. The Kier molecular flexibility index (Phi) is 6.52. The molecular formula is C22H28N2O3S. The molecule has 1 aliphatic rings. The summed E-state index contributed by atoms with van der Waals surface area (Å²) >= 11 is 0. The Hall–Kier alpha value is -2.18. The van der Waals surface area contributed by atoms with Crippen LogP contribution >= 0.6 is 0 Å². The lowest BCUT2D eigenvalue weighted by Crippen LogP contribution is -2.36. The van der Waals surface area contributed by atoms with E-state index in [9.17, 15) is 13.2 Å². The first-order chi connectivity index (χ1) is 13.3. The molecule has 0 atom stereocenters. The zero-order valence-electron chi connectivity index (χ0n) is 16.6. The molecule has 0 spiro atoms. The topological polar surface area (TPSA) is 57.7 Å². The highest BCUT2D eigenvalue weighted by molar-refractivity contribution is 7.91. The van der Waals surface area contributed by atoms with Gasteiger partial charge in [-0.05, 0) is 37.1 Å². The van der Waals surface area contributed by atoms with Crippen molar-refractivity contribution in [3.8, 4) is 0 Å². The molecule has 1 fully saturated rings. The van der Waals surface area contributed by atoms with Gasteiger partial charge in [0.2, 0.25) is 5.91 Å². The first-order valence-corrected chi connectivity index (χ1v) is 11.3. The summed E-state index contributed by atoms with van der Waals surface area (Å²) in [7, 11) is -3.37. The molecule has 0 saturated carbocycles. The van der Waals surface area contributed by atoms with Gasteiger partial charge in [-0.15, -0.1) is 0 Å². The highest BCUT2D eigenvalue weighted by Crippen LogP contribution is 2.16. The number of carbonyl (C=O) groups is 1. The van der Waals surface area contributed by atoms with E-state index < -0.39 is 9.84 Å². The zero-order chi connectivity index (χ0) is 20.1. The van der Waals surface area contributed by atoms with E-state index in [-0.39, 0.29) is 18.2 Å². The minimum atomic E-state index is -3.37. The van der Waals surface area contributed by atoms with Crippen LogP contribution in [0.25, 0.3) is 0 Å². The molecule has 1 aliphatic heterocycles. The molecule has 2 aromatic carbocycles. The van der Waals surface area contributed by atoms with E-state index in [4.69, 9.17) is 0 Å². The second-order valence-electron chi connectivity index (χ2n) is 7.47. The normalized spacial score (nSPS) is 16.2. The molecule has 2 aromatic rings. The standard InChI is InChI=1S/C22H28N2O3S/c1-18-8-9-20(19(2)16-18)17-23-11-10-22(25)24(13-12-23)14-15-28(26,27)21-6-4-3-5-7-21/h3-9,16H,10-15,17H2,1-2H3. The van der Waals surface area contributed by atoms with Crippen LogP contribution in [0.2, 0.25) is 0 Å². The molecule has 1 amide bonds. The number of hydrogen-bond acceptors (Lipinski definition) is 4. The molecule has 0 N–H and O–H groups in total. The van der Waals surface area contributed by atoms with Gasteiger partial charge >= 0.3 is 0 Å². The fourth-order valence-corrected chi connectivity index (χ4v) is 4.81.